The Morgan fingerprint density at radius 2 is 1.18 bits per heavy atom. The molecule has 7 nitrogen and oxygen atoms in total. The third kappa shape index (κ3) is 6.83. The second-order valence-corrected chi connectivity index (χ2v) is 14.2. The summed E-state index contributed by atoms with van der Waals surface area (Å²) in [6.45, 7) is 1.75. The van der Waals surface area contributed by atoms with Crippen LogP contribution in [0.15, 0.2) is 114 Å². The smallest absolute Gasteiger partial charge is 0.294 e. The van der Waals surface area contributed by atoms with E-state index in [0.29, 0.717) is 12.0 Å². The Morgan fingerprint density at radius 3 is 1.62 bits per heavy atom. The Labute approximate surface area is 235 Å². The summed E-state index contributed by atoms with van der Waals surface area (Å²) in [5.41, 5.74) is 0.774. The summed E-state index contributed by atoms with van der Waals surface area (Å²) in [5.74, 6) is -0.419. The number of amides is 2. The number of nitrogens with one attached hydrogen (secondary N) is 2. The molecule has 3 N–H and O–H groups in total. The fourth-order valence-corrected chi connectivity index (χ4v) is 9.45. The normalized spacial score (nSPS) is 11.6. The molecule has 9 heteroatoms. The van der Waals surface area contributed by atoms with Crippen LogP contribution in [0.25, 0.3) is 0 Å². The van der Waals surface area contributed by atoms with Crippen LogP contribution in [0, 0.1) is 0 Å². The SMILES string of the molecule is CCC(=O)NCc1ccc(CNC(=O)C[P+](c2ccccc2)(c2ccccc2)c2ccccc2)c(S(=O)(=O)O)c1. The van der Waals surface area contributed by atoms with E-state index in [2.05, 4.69) is 10.6 Å². The predicted molar refractivity (Wildman–Crippen MR) is 160 cm³/mol. The summed E-state index contributed by atoms with van der Waals surface area (Å²) in [4.78, 5) is 25.0. The molecule has 40 heavy (non-hydrogen) atoms. The largest absolute Gasteiger partial charge is 0.352 e. The van der Waals surface area contributed by atoms with Gasteiger partial charge < -0.3 is 10.6 Å². The molecule has 0 bridgehead atoms. The summed E-state index contributed by atoms with van der Waals surface area (Å²) in [5, 5.41) is 8.75. The van der Waals surface area contributed by atoms with Gasteiger partial charge in [0, 0.05) is 19.5 Å². The van der Waals surface area contributed by atoms with Crippen molar-refractivity contribution >= 4 is 45.1 Å². The molecule has 0 atom stereocenters. The Bertz CT molecular complexity index is 1470. The van der Waals surface area contributed by atoms with Crippen LogP contribution >= 0.6 is 7.26 Å². The standard InChI is InChI=1S/C31H31N2O5PS/c1-2-30(34)32-21-24-18-19-25(29(20-24)40(36,37)38)22-33-31(35)23-39(26-12-6-3-7-13-26,27-14-8-4-9-15-27)28-16-10-5-11-17-28/h3-20H,2,21-23H2,1H3,(H2-,32,33,34,35,36,37,38)/p+1. The molecule has 0 unspecified atom stereocenters. The highest BCUT2D eigenvalue weighted by Crippen LogP contribution is 2.55. The van der Waals surface area contributed by atoms with Gasteiger partial charge in [-0.05, 0) is 53.6 Å². The zero-order valence-electron chi connectivity index (χ0n) is 22.2. The molecule has 4 aromatic carbocycles. The molecule has 0 radical (unpaired) electrons. The first-order chi connectivity index (χ1) is 19.2. The Balaban J connectivity index is 1.66. The van der Waals surface area contributed by atoms with E-state index in [4.69, 9.17) is 0 Å². The van der Waals surface area contributed by atoms with Crippen molar-refractivity contribution < 1.29 is 22.6 Å². The molecule has 0 saturated heterocycles. The number of carbonyl (C=O) groups is 2. The van der Waals surface area contributed by atoms with Crippen molar-refractivity contribution in [1.29, 1.82) is 0 Å². The van der Waals surface area contributed by atoms with E-state index in [-0.39, 0.29) is 41.5 Å². The lowest BCUT2D eigenvalue weighted by Gasteiger charge is -2.27. The maximum absolute atomic E-state index is 13.6. The first kappa shape index (κ1) is 29.2. The van der Waals surface area contributed by atoms with Gasteiger partial charge in [0.2, 0.25) is 5.91 Å². The van der Waals surface area contributed by atoms with Gasteiger partial charge in [-0.15, -0.1) is 0 Å². The van der Waals surface area contributed by atoms with Gasteiger partial charge in [0.15, 0.2) is 6.16 Å². The van der Waals surface area contributed by atoms with Crippen molar-refractivity contribution in [2.24, 2.45) is 0 Å². The molecule has 0 saturated carbocycles. The van der Waals surface area contributed by atoms with Crippen molar-refractivity contribution in [3.8, 4) is 0 Å². The number of rotatable bonds is 11. The summed E-state index contributed by atoms with van der Waals surface area (Å²) in [6.07, 6.45) is 0.474. The van der Waals surface area contributed by atoms with Crippen molar-refractivity contribution in [2.45, 2.75) is 31.3 Å². The quantitative estimate of drug-likeness (QED) is 0.187. The van der Waals surface area contributed by atoms with Crippen LogP contribution < -0.4 is 26.5 Å². The van der Waals surface area contributed by atoms with Crippen molar-refractivity contribution in [3.05, 3.63) is 120 Å². The predicted octanol–water partition coefficient (Wildman–Crippen LogP) is 3.57. The van der Waals surface area contributed by atoms with Gasteiger partial charge >= 0.3 is 0 Å². The first-order valence-electron chi connectivity index (χ1n) is 12.9. The number of benzene rings is 4. The first-order valence-corrected chi connectivity index (χ1v) is 16.3. The van der Waals surface area contributed by atoms with Crippen LogP contribution in [0.2, 0.25) is 0 Å². The van der Waals surface area contributed by atoms with Crippen LogP contribution in [0.4, 0.5) is 0 Å². The molecule has 0 aromatic heterocycles. The Hall–Kier alpha value is -3.84. The van der Waals surface area contributed by atoms with Gasteiger partial charge in [-0.1, -0.05) is 73.7 Å². The fourth-order valence-electron chi connectivity index (χ4n) is 4.65. The highest BCUT2D eigenvalue weighted by molar-refractivity contribution is 7.96. The molecule has 2 amide bonds. The molecule has 206 valence electrons. The van der Waals surface area contributed by atoms with E-state index < -0.39 is 17.4 Å². The van der Waals surface area contributed by atoms with Crippen molar-refractivity contribution in [3.63, 3.8) is 0 Å². The van der Waals surface area contributed by atoms with Crippen LogP contribution in [-0.2, 0) is 32.8 Å². The van der Waals surface area contributed by atoms with Gasteiger partial charge in [-0.3, -0.25) is 14.1 Å². The molecule has 4 rings (SSSR count). The second-order valence-electron chi connectivity index (χ2n) is 9.30. The summed E-state index contributed by atoms with van der Waals surface area (Å²) >= 11 is 0. The topological polar surface area (TPSA) is 113 Å². The van der Waals surface area contributed by atoms with E-state index in [1.165, 1.54) is 6.07 Å². The average molecular weight is 576 g/mol. The van der Waals surface area contributed by atoms with E-state index in [1.54, 1.807) is 19.1 Å². The second kappa shape index (κ2) is 13.0. The number of hydrogen-bond acceptors (Lipinski definition) is 4. The maximum atomic E-state index is 13.6. The van der Waals surface area contributed by atoms with Gasteiger partial charge in [0.1, 0.15) is 23.2 Å². The number of carbonyl (C=O) groups excluding carboxylic acids is 2. The van der Waals surface area contributed by atoms with Crippen LogP contribution in [0.3, 0.4) is 0 Å². The molecule has 4 aromatic rings. The third-order valence-electron chi connectivity index (χ3n) is 6.67. The van der Waals surface area contributed by atoms with Crippen LogP contribution in [0.5, 0.6) is 0 Å². The number of hydrogen-bond donors (Lipinski definition) is 3. The maximum Gasteiger partial charge on any atom is 0.294 e. The average Bonchev–Trinajstić information content (AvgIpc) is 2.98. The minimum Gasteiger partial charge on any atom is -0.352 e. The lowest BCUT2D eigenvalue weighted by Crippen LogP contribution is -2.39. The zero-order chi connectivity index (χ0) is 28.6. The summed E-state index contributed by atoms with van der Waals surface area (Å²) < 4.78 is 34.3. The van der Waals surface area contributed by atoms with E-state index in [9.17, 15) is 22.6 Å². The van der Waals surface area contributed by atoms with Crippen molar-refractivity contribution in [2.75, 3.05) is 6.16 Å². The minimum atomic E-state index is -4.57. The lowest BCUT2D eigenvalue weighted by atomic mass is 10.1. The molecule has 0 aliphatic carbocycles. The van der Waals surface area contributed by atoms with Gasteiger partial charge in [-0.2, -0.15) is 8.42 Å². The molecule has 0 spiro atoms. The Kier molecular flexibility index (Phi) is 9.48. The molecule has 0 aliphatic heterocycles. The fraction of sp³-hybridized carbons (Fsp3) is 0.161. The van der Waals surface area contributed by atoms with E-state index in [0.717, 1.165) is 15.9 Å². The molecular weight excluding hydrogens is 543 g/mol. The molecule has 0 heterocycles. The summed E-state index contributed by atoms with van der Waals surface area (Å²) in [6, 6.07) is 34.5. The highest BCUT2D eigenvalue weighted by atomic mass is 32.2. The van der Waals surface area contributed by atoms with E-state index in [1.807, 2.05) is 91.0 Å². The van der Waals surface area contributed by atoms with Crippen LogP contribution in [-0.4, -0.2) is 30.9 Å². The van der Waals surface area contributed by atoms with Crippen molar-refractivity contribution in [1.82, 2.24) is 10.6 Å². The van der Waals surface area contributed by atoms with Crippen LogP contribution in [0.1, 0.15) is 24.5 Å². The lowest BCUT2D eigenvalue weighted by molar-refractivity contribution is -0.121. The third-order valence-corrected chi connectivity index (χ3v) is 11.9. The molecule has 0 fully saturated rings. The highest BCUT2D eigenvalue weighted by Gasteiger charge is 2.47. The van der Waals surface area contributed by atoms with Gasteiger partial charge in [-0.25, -0.2) is 0 Å². The molecular formula is C31H32N2O5PS+. The van der Waals surface area contributed by atoms with E-state index >= 15 is 0 Å². The Morgan fingerprint density at radius 1 is 0.700 bits per heavy atom. The zero-order valence-corrected chi connectivity index (χ0v) is 23.9. The monoisotopic (exact) mass is 575 g/mol. The van der Waals surface area contributed by atoms with Gasteiger partial charge in [0.05, 0.1) is 4.90 Å². The van der Waals surface area contributed by atoms with Gasteiger partial charge in [0.25, 0.3) is 16.0 Å². The minimum absolute atomic E-state index is 0.0894. The molecule has 0 aliphatic rings. The summed E-state index contributed by atoms with van der Waals surface area (Å²) in [7, 11) is -6.99.